The van der Waals surface area contributed by atoms with E-state index in [1.807, 2.05) is 0 Å². The Morgan fingerprint density at radius 3 is 2.90 bits per heavy atom. The lowest BCUT2D eigenvalue weighted by Crippen LogP contribution is -2.31. The Hall–Kier alpha value is -0.940. The van der Waals surface area contributed by atoms with Gasteiger partial charge in [-0.05, 0) is 44.6 Å². The van der Waals surface area contributed by atoms with Crippen LogP contribution in [0.15, 0.2) is 4.52 Å². The minimum absolute atomic E-state index is 0.0240. The third-order valence-electron chi connectivity index (χ3n) is 4.51. The number of ether oxygens (including phenoxy) is 1. The van der Waals surface area contributed by atoms with E-state index >= 15 is 0 Å². The molecule has 2 fully saturated rings. The Labute approximate surface area is 120 Å². The highest BCUT2D eigenvalue weighted by atomic mass is 16.5. The minimum atomic E-state index is 0.0240. The summed E-state index contributed by atoms with van der Waals surface area (Å²) in [5.41, 5.74) is 0. The molecular weight excluding hydrogens is 254 g/mol. The molecular formula is C15H25N3O2. The van der Waals surface area contributed by atoms with Crippen molar-refractivity contribution < 1.29 is 9.26 Å². The molecule has 5 nitrogen and oxygen atoms in total. The molecule has 2 saturated carbocycles. The molecule has 3 unspecified atom stereocenters. The van der Waals surface area contributed by atoms with Crippen LogP contribution < -0.4 is 5.32 Å². The van der Waals surface area contributed by atoms with E-state index in [0.29, 0.717) is 17.9 Å². The lowest BCUT2D eigenvalue weighted by atomic mass is 10.0. The number of hydrogen-bond donors (Lipinski definition) is 1. The van der Waals surface area contributed by atoms with Crippen LogP contribution in [0.3, 0.4) is 0 Å². The number of nitrogens with zero attached hydrogens (tertiary/aromatic N) is 2. The molecule has 1 heterocycles. The third-order valence-corrected chi connectivity index (χ3v) is 4.51. The summed E-state index contributed by atoms with van der Waals surface area (Å²) in [6.07, 6.45) is 7.20. The van der Waals surface area contributed by atoms with Crippen LogP contribution in [0, 0.1) is 5.92 Å². The highest BCUT2D eigenvalue weighted by molar-refractivity contribution is 5.05. The Bertz CT molecular complexity index is 431. The fraction of sp³-hybridized carbons (Fsp3) is 0.867. The van der Waals surface area contributed by atoms with Crippen LogP contribution in [0.1, 0.15) is 69.2 Å². The van der Waals surface area contributed by atoms with E-state index in [9.17, 15) is 0 Å². The maximum Gasteiger partial charge on any atom is 0.231 e. The molecule has 112 valence electrons. The van der Waals surface area contributed by atoms with Gasteiger partial charge in [0.15, 0.2) is 0 Å². The van der Waals surface area contributed by atoms with Crippen molar-refractivity contribution in [1.29, 1.82) is 0 Å². The van der Waals surface area contributed by atoms with E-state index in [1.54, 1.807) is 7.11 Å². The van der Waals surface area contributed by atoms with Crippen LogP contribution in [0.25, 0.3) is 0 Å². The van der Waals surface area contributed by atoms with Gasteiger partial charge in [0.1, 0.15) is 6.10 Å². The first kappa shape index (κ1) is 14.0. The monoisotopic (exact) mass is 279 g/mol. The Morgan fingerprint density at radius 2 is 2.20 bits per heavy atom. The molecule has 0 amide bonds. The van der Waals surface area contributed by atoms with E-state index in [0.717, 1.165) is 31.1 Å². The van der Waals surface area contributed by atoms with Crippen LogP contribution in [0.5, 0.6) is 0 Å². The van der Waals surface area contributed by atoms with Crippen LogP contribution in [-0.2, 0) is 4.74 Å². The number of hydrogen-bond acceptors (Lipinski definition) is 5. The quantitative estimate of drug-likeness (QED) is 0.831. The first-order valence-corrected chi connectivity index (χ1v) is 7.93. The van der Waals surface area contributed by atoms with Crippen molar-refractivity contribution in [3.8, 4) is 0 Å². The molecule has 2 aliphatic carbocycles. The molecule has 0 aromatic carbocycles. The van der Waals surface area contributed by atoms with Crippen molar-refractivity contribution in [2.45, 2.75) is 63.5 Å². The second kappa shape index (κ2) is 6.22. The van der Waals surface area contributed by atoms with Crippen LogP contribution in [-0.4, -0.2) is 29.8 Å². The van der Waals surface area contributed by atoms with Crippen molar-refractivity contribution in [2.24, 2.45) is 5.92 Å². The largest absolute Gasteiger partial charge is 0.373 e. The summed E-state index contributed by atoms with van der Waals surface area (Å²) in [6, 6.07) is 0.491. The molecule has 0 saturated heterocycles. The molecule has 0 bridgehead atoms. The molecule has 5 heteroatoms. The minimum Gasteiger partial charge on any atom is -0.373 e. The molecule has 2 aliphatic rings. The van der Waals surface area contributed by atoms with Gasteiger partial charge in [0.25, 0.3) is 0 Å². The third kappa shape index (κ3) is 2.88. The zero-order valence-corrected chi connectivity index (χ0v) is 12.5. The molecule has 20 heavy (non-hydrogen) atoms. The molecule has 0 aliphatic heterocycles. The zero-order valence-electron chi connectivity index (χ0n) is 12.5. The van der Waals surface area contributed by atoms with Crippen molar-refractivity contribution in [3.63, 3.8) is 0 Å². The first-order valence-electron chi connectivity index (χ1n) is 7.93. The van der Waals surface area contributed by atoms with E-state index in [2.05, 4.69) is 22.4 Å². The Morgan fingerprint density at radius 1 is 1.35 bits per heavy atom. The molecule has 1 aromatic rings. The summed E-state index contributed by atoms with van der Waals surface area (Å²) in [5.74, 6) is 2.50. The number of nitrogens with one attached hydrogen (secondary N) is 1. The lowest BCUT2D eigenvalue weighted by Gasteiger charge is -2.17. The molecule has 1 aromatic heterocycles. The van der Waals surface area contributed by atoms with E-state index in [-0.39, 0.29) is 6.10 Å². The molecule has 0 radical (unpaired) electrons. The second-order valence-corrected chi connectivity index (χ2v) is 6.08. The summed E-state index contributed by atoms with van der Waals surface area (Å²) >= 11 is 0. The predicted octanol–water partition coefficient (Wildman–Crippen LogP) is 2.80. The fourth-order valence-corrected chi connectivity index (χ4v) is 3.25. The Kier molecular flexibility index (Phi) is 4.36. The van der Waals surface area contributed by atoms with Gasteiger partial charge in [0.05, 0.1) is 5.92 Å². The van der Waals surface area contributed by atoms with Gasteiger partial charge in [0.2, 0.25) is 11.7 Å². The standard InChI is InChI=1S/C15H25N3O2/c1-3-9-16-12-6-4-5-11(12)15-17-14(18-20-15)13(19-2)10-7-8-10/h10-13,16H,3-9H2,1-2H3. The van der Waals surface area contributed by atoms with Gasteiger partial charge < -0.3 is 14.6 Å². The van der Waals surface area contributed by atoms with Gasteiger partial charge in [-0.2, -0.15) is 4.98 Å². The van der Waals surface area contributed by atoms with Gasteiger partial charge in [-0.25, -0.2) is 0 Å². The molecule has 1 N–H and O–H groups in total. The SMILES string of the molecule is CCCNC1CCCC1c1nc(C(OC)C2CC2)no1. The summed E-state index contributed by atoms with van der Waals surface area (Å²) in [4.78, 5) is 4.64. The van der Waals surface area contributed by atoms with Crippen molar-refractivity contribution in [1.82, 2.24) is 15.5 Å². The van der Waals surface area contributed by atoms with E-state index in [1.165, 1.54) is 25.7 Å². The average molecular weight is 279 g/mol. The van der Waals surface area contributed by atoms with Gasteiger partial charge in [-0.1, -0.05) is 18.5 Å². The maximum absolute atomic E-state index is 5.54. The summed E-state index contributed by atoms with van der Waals surface area (Å²) in [6.45, 7) is 3.26. The maximum atomic E-state index is 5.54. The number of aromatic nitrogens is 2. The van der Waals surface area contributed by atoms with Crippen molar-refractivity contribution in [2.75, 3.05) is 13.7 Å². The zero-order chi connectivity index (χ0) is 13.9. The van der Waals surface area contributed by atoms with Crippen molar-refractivity contribution in [3.05, 3.63) is 11.7 Å². The lowest BCUT2D eigenvalue weighted by molar-refractivity contribution is 0.0751. The van der Waals surface area contributed by atoms with E-state index in [4.69, 9.17) is 9.26 Å². The van der Waals surface area contributed by atoms with Gasteiger partial charge in [-0.15, -0.1) is 0 Å². The van der Waals surface area contributed by atoms with Crippen LogP contribution >= 0.6 is 0 Å². The summed E-state index contributed by atoms with van der Waals surface area (Å²) in [5, 5.41) is 7.78. The van der Waals surface area contributed by atoms with E-state index < -0.39 is 0 Å². The molecule has 3 rings (SSSR count). The second-order valence-electron chi connectivity index (χ2n) is 6.08. The predicted molar refractivity (Wildman–Crippen MR) is 75.4 cm³/mol. The molecule has 3 atom stereocenters. The van der Waals surface area contributed by atoms with Gasteiger partial charge >= 0.3 is 0 Å². The first-order chi connectivity index (χ1) is 9.83. The highest BCUT2D eigenvalue weighted by Gasteiger charge is 2.37. The fourth-order valence-electron chi connectivity index (χ4n) is 3.25. The highest BCUT2D eigenvalue weighted by Crippen LogP contribution is 2.42. The Balaban J connectivity index is 1.68. The van der Waals surface area contributed by atoms with Crippen LogP contribution in [0.2, 0.25) is 0 Å². The van der Waals surface area contributed by atoms with Gasteiger partial charge in [0, 0.05) is 13.2 Å². The smallest absolute Gasteiger partial charge is 0.231 e. The number of rotatable bonds is 7. The normalized spacial score (nSPS) is 27.9. The molecule has 0 spiro atoms. The topological polar surface area (TPSA) is 60.2 Å². The number of methoxy groups -OCH3 is 1. The van der Waals surface area contributed by atoms with Crippen LogP contribution in [0.4, 0.5) is 0 Å². The van der Waals surface area contributed by atoms with Gasteiger partial charge in [-0.3, -0.25) is 0 Å². The van der Waals surface area contributed by atoms with Crippen molar-refractivity contribution >= 4 is 0 Å². The average Bonchev–Trinajstić information content (AvgIpc) is 3.00. The summed E-state index contributed by atoms with van der Waals surface area (Å²) < 4.78 is 11.1. The summed E-state index contributed by atoms with van der Waals surface area (Å²) in [7, 11) is 1.74.